The van der Waals surface area contributed by atoms with E-state index in [9.17, 15) is 0 Å². The molecule has 5 nitrogen and oxygen atoms in total. The number of rotatable bonds is 4. The number of nitrogens with zero attached hydrogens (tertiary/aromatic N) is 2. The topological polar surface area (TPSA) is 63.0 Å². The molecule has 0 aromatic carbocycles. The van der Waals surface area contributed by atoms with Crippen LogP contribution in [-0.2, 0) is 32.4 Å². The number of aryl methyl sites for hydroxylation is 1. The Hall–Kier alpha value is -1.24. The van der Waals surface area contributed by atoms with Crippen molar-refractivity contribution in [2.75, 3.05) is 6.54 Å². The van der Waals surface area contributed by atoms with Crippen molar-refractivity contribution in [1.29, 1.82) is 0 Å². The molecule has 1 unspecified atom stereocenters. The number of aromatic nitrogens is 2. The van der Waals surface area contributed by atoms with Gasteiger partial charge in [-0.2, -0.15) is 0 Å². The van der Waals surface area contributed by atoms with Crippen LogP contribution in [0.3, 0.4) is 0 Å². The summed E-state index contributed by atoms with van der Waals surface area (Å²) in [6.07, 6.45) is 4.24. The Morgan fingerprint density at radius 3 is 3.00 bits per heavy atom. The summed E-state index contributed by atoms with van der Waals surface area (Å²) in [5, 5.41) is 8.28. The van der Waals surface area contributed by atoms with Crippen molar-refractivity contribution in [2.45, 2.75) is 64.6 Å². The van der Waals surface area contributed by atoms with Crippen LogP contribution in [0, 0.1) is 0 Å². The van der Waals surface area contributed by atoms with Crippen molar-refractivity contribution in [2.24, 2.45) is 0 Å². The first kappa shape index (κ1) is 15.3. The highest BCUT2D eigenvalue weighted by Gasteiger charge is 2.24. The fourth-order valence-electron chi connectivity index (χ4n) is 3.27. The standard InChI is InChI=1S/C17H24N4OS/c1-10(2)17-21-12-9-19-11(7-14(12)22-17)3-4-16-20-13-8-18-6-5-15(13)23-16/h10-11,18-19H,3-9H2,1-2H3. The average molecular weight is 332 g/mol. The number of fused-ring (bicyclic) bond motifs is 2. The van der Waals surface area contributed by atoms with Crippen LogP contribution in [0.25, 0.3) is 0 Å². The minimum atomic E-state index is 0.356. The van der Waals surface area contributed by atoms with Gasteiger partial charge < -0.3 is 15.1 Å². The highest BCUT2D eigenvalue weighted by molar-refractivity contribution is 7.11. The fourth-order valence-corrected chi connectivity index (χ4v) is 4.37. The first-order valence-corrected chi connectivity index (χ1v) is 9.40. The minimum absolute atomic E-state index is 0.356. The molecule has 2 aliphatic heterocycles. The third-order valence-electron chi connectivity index (χ3n) is 4.63. The lowest BCUT2D eigenvalue weighted by atomic mass is 10.0. The Kier molecular flexibility index (Phi) is 4.22. The van der Waals surface area contributed by atoms with Crippen molar-refractivity contribution in [3.63, 3.8) is 0 Å². The molecule has 1 atom stereocenters. The van der Waals surface area contributed by atoms with E-state index < -0.39 is 0 Å². The first-order chi connectivity index (χ1) is 11.2. The van der Waals surface area contributed by atoms with Gasteiger partial charge in [0.05, 0.1) is 16.4 Å². The average Bonchev–Trinajstić information content (AvgIpc) is 3.15. The molecular weight excluding hydrogens is 308 g/mol. The molecule has 4 rings (SSSR count). The second-order valence-electron chi connectivity index (χ2n) is 6.80. The maximum absolute atomic E-state index is 5.94. The Morgan fingerprint density at radius 2 is 2.17 bits per heavy atom. The SMILES string of the molecule is CC(C)c1nc2c(o1)CC(CCc1nc3c(s1)CCNC3)NC2. The van der Waals surface area contributed by atoms with Gasteiger partial charge in [0.25, 0.3) is 0 Å². The van der Waals surface area contributed by atoms with E-state index in [-0.39, 0.29) is 0 Å². The fraction of sp³-hybridized carbons (Fsp3) is 0.647. The van der Waals surface area contributed by atoms with E-state index in [1.165, 1.54) is 15.6 Å². The van der Waals surface area contributed by atoms with Crippen molar-refractivity contribution < 1.29 is 4.42 Å². The summed E-state index contributed by atoms with van der Waals surface area (Å²) < 4.78 is 5.94. The summed E-state index contributed by atoms with van der Waals surface area (Å²) in [6, 6.07) is 0.467. The highest BCUT2D eigenvalue weighted by Crippen LogP contribution is 2.26. The molecule has 2 N–H and O–H groups in total. The summed E-state index contributed by atoms with van der Waals surface area (Å²) in [4.78, 5) is 10.9. The molecule has 2 aromatic heterocycles. The van der Waals surface area contributed by atoms with Gasteiger partial charge >= 0.3 is 0 Å². The molecule has 0 radical (unpaired) electrons. The van der Waals surface area contributed by atoms with Crippen molar-refractivity contribution in [3.05, 3.63) is 32.9 Å². The van der Waals surface area contributed by atoms with Gasteiger partial charge in [0, 0.05) is 49.3 Å². The van der Waals surface area contributed by atoms with Crippen LogP contribution in [0.15, 0.2) is 4.42 Å². The zero-order valence-corrected chi connectivity index (χ0v) is 14.6. The summed E-state index contributed by atoms with van der Waals surface area (Å²) >= 11 is 1.90. The number of nitrogens with one attached hydrogen (secondary N) is 2. The smallest absolute Gasteiger partial charge is 0.197 e. The van der Waals surface area contributed by atoms with E-state index in [0.717, 1.165) is 62.7 Å². The lowest BCUT2D eigenvalue weighted by Gasteiger charge is -2.21. The second-order valence-corrected chi connectivity index (χ2v) is 7.97. The molecule has 0 bridgehead atoms. The van der Waals surface area contributed by atoms with Crippen molar-refractivity contribution in [3.8, 4) is 0 Å². The predicted octanol–water partition coefficient (Wildman–Crippen LogP) is 2.55. The monoisotopic (exact) mass is 332 g/mol. The van der Waals surface area contributed by atoms with Gasteiger partial charge in [-0.05, 0) is 12.8 Å². The van der Waals surface area contributed by atoms with E-state index in [0.29, 0.717) is 12.0 Å². The summed E-state index contributed by atoms with van der Waals surface area (Å²) in [5.74, 6) is 2.31. The van der Waals surface area contributed by atoms with E-state index in [1.807, 2.05) is 11.3 Å². The number of thiazole rings is 1. The van der Waals surface area contributed by atoms with Gasteiger partial charge in [-0.25, -0.2) is 9.97 Å². The third kappa shape index (κ3) is 3.20. The number of oxazole rings is 1. The van der Waals surface area contributed by atoms with Crippen LogP contribution in [0.1, 0.15) is 59.1 Å². The number of hydrogen-bond acceptors (Lipinski definition) is 6. The highest BCUT2D eigenvalue weighted by atomic mass is 32.1. The molecule has 0 saturated carbocycles. The summed E-state index contributed by atoms with van der Waals surface area (Å²) in [6.45, 7) is 7.11. The zero-order valence-electron chi connectivity index (χ0n) is 13.8. The van der Waals surface area contributed by atoms with Crippen LogP contribution >= 0.6 is 11.3 Å². The molecule has 23 heavy (non-hydrogen) atoms. The predicted molar refractivity (Wildman–Crippen MR) is 90.8 cm³/mol. The van der Waals surface area contributed by atoms with E-state index in [2.05, 4.69) is 29.5 Å². The molecule has 0 aliphatic carbocycles. The maximum Gasteiger partial charge on any atom is 0.197 e. The quantitative estimate of drug-likeness (QED) is 0.901. The maximum atomic E-state index is 5.94. The number of hydrogen-bond donors (Lipinski definition) is 2. The molecule has 2 aromatic rings. The molecule has 6 heteroatoms. The zero-order chi connectivity index (χ0) is 15.8. The summed E-state index contributed by atoms with van der Waals surface area (Å²) in [5.41, 5.74) is 2.37. The molecule has 0 saturated heterocycles. The van der Waals surface area contributed by atoms with Crippen LogP contribution in [0.4, 0.5) is 0 Å². The Morgan fingerprint density at radius 1 is 1.26 bits per heavy atom. The van der Waals surface area contributed by atoms with E-state index in [1.54, 1.807) is 0 Å². The molecule has 124 valence electrons. The first-order valence-electron chi connectivity index (χ1n) is 8.59. The van der Waals surface area contributed by atoms with Crippen LogP contribution in [0.5, 0.6) is 0 Å². The van der Waals surface area contributed by atoms with E-state index >= 15 is 0 Å². The molecular formula is C17H24N4OS. The van der Waals surface area contributed by atoms with Crippen molar-refractivity contribution in [1.82, 2.24) is 20.6 Å². The largest absolute Gasteiger partial charge is 0.445 e. The summed E-state index contributed by atoms with van der Waals surface area (Å²) in [7, 11) is 0. The van der Waals surface area contributed by atoms with Gasteiger partial charge in [-0.1, -0.05) is 13.8 Å². The van der Waals surface area contributed by atoms with Gasteiger partial charge in [0.2, 0.25) is 0 Å². The Balaban J connectivity index is 1.37. The normalized spacial score (nSPS) is 20.6. The van der Waals surface area contributed by atoms with Crippen molar-refractivity contribution >= 4 is 11.3 Å². The molecule has 0 amide bonds. The Labute approximate surface area is 140 Å². The van der Waals surface area contributed by atoms with Gasteiger partial charge in [0.1, 0.15) is 5.76 Å². The Bertz CT molecular complexity index is 667. The third-order valence-corrected chi connectivity index (χ3v) is 5.85. The van der Waals surface area contributed by atoms with Crippen LogP contribution in [-0.4, -0.2) is 22.6 Å². The van der Waals surface area contributed by atoms with E-state index in [4.69, 9.17) is 9.40 Å². The molecule has 0 spiro atoms. The minimum Gasteiger partial charge on any atom is -0.445 e. The second kappa shape index (κ2) is 6.34. The molecule has 2 aliphatic rings. The van der Waals surface area contributed by atoms with Crippen LogP contribution in [0.2, 0.25) is 0 Å². The van der Waals surface area contributed by atoms with Gasteiger partial charge in [-0.3, -0.25) is 0 Å². The molecule has 4 heterocycles. The molecule has 0 fully saturated rings. The van der Waals surface area contributed by atoms with Gasteiger partial charge in [-0.15, -0.1) is 11.3 Å². The van der Waals surface area contributed by atoms with Gasteiger partial charge in [0.15, 0.2) is 5.89 Å². The lowest BCUT2D eigenvalue weighted by Crippen LogP contribution is -2.35. The lowest BCUT2D eigenvalue weighted by molar-refractivity contribution is 0.375. The van der Waals surface area contributed by atoms with Crippen LogP contribution < -0.4 is 10.6 Å².